The van der Waals surface area contributed by atoms with Crippen LogP contribution in [0.1, 0.15) is 31.7 Å². The monoisotopic (exact) mass is 372 g/mol. The Balaban J connectivity index is 1.67. The molecule has 1 aliphatic rings. The number of halogens is 2. The molecular weight excluding hydrogens is 350 g/mol. The zero-order valence-corrected chi connectivity index (χ0v) is 15.2. The number of rotatable bonds is 6. The first-order chi connectivity index (χ1) is 13.0. The molecule has 1 unspecified atom stereocenters. The molecule has 2 amide bonds. The fourth-order valence-electron chi connectivity index (χ4n) is 3.20. The van der Waals surface area contributed by atoms with Crippen LogP contribution in [0.15, 0.2) is 42.5 Å². The van der Waals surface area contributed by atoms with Crippen LogP contribution in [-0.2, 0) is 16.0 Å². The molecular formula is C21H22F2N2O2. The number of nitrogens with one attached hydrogen (secondary N) is 1. The molecule has 2 aromatic carbocycles. The molecule has 3 rings (SSSR count). The SMILES string of the molecule is CCCCc1ccc(N2CC(C(=O)Nc3c(F)cccc3F)CC2=O)cc1. The van der Waals surface area contributed by atoms with Crippen LogP contribution in [-0.4, -0.2) is 18.4 Å². The molecule has 1 saturated heterocycles. The Kier molecular flexibility index (Phi) is 5.84. The predicted octanol–water partition coefficient (Wildman–Crippen LogP) is 4.30. The maximum atomic E-state index is 13.7. The molecule has 0 bridgehead atoms. The van der Waals surface area contributed by atoms with Gasteiger partial charge in [-0.05, 0) is 42.7 Å². The number of anilines is 2. The Morgan fingerprint density at radius 3 is 2.44 bits per heavy atom. The van der Waals surface area contributed by atoms with E-state index < -0.39 is 29.1 Å². The average molecular weight is 372 g/mol. The summed E-state index contributed by atoms with van der Waals surface area (Å²) in [6.07, 6.45) is 3.23. The van der Waals surface area contributed by atoms with Gasteiger partial charge in [0.2, 0.25) is 11.8 Å². The number of nitrogens with zero attached hydrogens (tertiary/aromatic N) is 1. The van der Waals surface area contributed by atoms with Gasteiger partial charge in [0.1, 0.15) is 17.3 Å². The Bertz CT molecular complexity index is 816. The molecule has 0 spiro atoms. The minimum Gasteiger partial charge on any atom is -0.321 e. The Morgan fingerprint density at radius 1 is 1.15 bits per heavy atom. The minimum atomic E-state index is -0.841. The summed E-state index contributed by atoms with van der Waals surface area (Å²) in [5, 5.41) is 2.28. The Hall–Kier alpha value is -2.76. The summed E-state index contributed by atoms with van der Waals surface area (Å²) in [6, 6.07) is 11.1. The van der Waals surface area contributed by atoms with Crippen molar-refractivity contribution < 1.29 is 18.4 Å². The predicted molar refractivity (Wildman–Crippen MR) is 101 cm³/mol. The van der Waals surface area contributed by atoms with Crippen LogP contribution >= 0.6 is 0 Å². The topological polar surface area (TPSA) is 49.4 Å². The smallest absolute Gasteiger partial charge is 0.229 e. The lowest BCUT2D eigenvalue weighted by Gasteiger charge is -2.17. The van der Waals surface area contributed by atoms with Gasteiger partial charge in [0.05, 0.1) is 5.92 Å². The number of para-hydroxylation sites is 1. The summed E-state index contributed by atoms with van der Waals surface area (Å²) >= 11 is 0. The fraction of sp³-hybridized carbons (Fsp3) is 0.333. The van der Waals surface area contributed by atoms with Crippen molar-refractivity contribution in [3.63, 3.8) is 0 Å². The van der Waals surface area contributed by atoms with Gasteiger partial charge in [-0.25, -0.2) is 8.78 Å². The van der Waals surface area contributed by atoms with Gasteiger partial charge in [0.25, 0.3) is 0 Å². The van der Waals surface area contributed by atoms with Gasteiger partial charge >= 0.3 is 0 Å². The first-order valence-electron chi connectivity index (χ1n) is 9.13. The van der Waals surface area contributed by atoms with E-state index in [1.807, 2.05) is 24.3 Å². The van der Waals surface area contributed by atoms with Crippen LogP contribution in [0.2, 0.25) is 0 Å². The van der Waals surface area contributed by atoms with E-state index in [2.05, 4.69) is 12.2 Å². The number of benzene rings is 2. The molecule has 4 nitrogen and oxygen atoms in total. The molecule has 0 radical (unpaired) electrons. The van der Waals surface area contributed by atoms with Crippen molar-refractivity contribution >= 4 is 23.2 Å². The van der Waals surface area contributed by atoms with Crippen LogP contribution in [0, 0.1) is 17.6 Å². The molecule has 0 saturated carbocycles. The third-order valence-corrected chi connectivity index (χ3v) is 4.77. The summed E-state index contributed by atoms with van der Waals surface area (Å²) in [5.41, 5.74) is 1.46. The number of aryl methyl sites for hydroxylation is 1. The van der Waals surface area contributed by atoms with Crippen molar-refractivity contribution in [2.24, 2.45) is 5.92 Å². The van der Waals surface area contributed by atoms with Crippen molar-refractivity contribution in [2.75, 3.05) is 16.8 Å². The first kappa shape index (κ1) is 19.0. The van der Waals surface area contributed by atoms with Crippen molar-refractivity contribution in [1.29, 1.82) is 0 Å². The van der Waals surface area contributed by atoms with Gasteiger partial charge in [0, 0.05) is 18.7 Å². The van der Waals surface area contributed by atoms with Crippen molar-refractivity contribution in [3.8, 4) is 0 Å². The van der Waals surface area contributed by atoms with Gasteiger partial charge in [-0.15, -0.1) is 0 Å². The number of carbonyl (C=O) groups is 2. The number of unbranched alkanes of at least 4 members (excludes halogenated alkanes) is 1. The van der Waals surface area contributed by atoms with E-state index in [1.54, 1.807) is 4.90 Å². The van der Waals surface area contributed by atoms with Gasteiger partial charge in [-0.1, -0.05) is 31.5 Å². The van der Waals surface area contributed by atoms with Gasteiger partial charge in [-0.2, -0.15) is 0 Å². The van der Waals surface area contributed by atoms with E-state index >= 15 is 0 Å². The second-order valence-electron chi connectivity index (χ2n) is 6.76. The summed E-state index contributed by atoms with van der Waals surface area (Å²) in [5.74, 6) is -3.07. The highest BCUT2D eigenvalue weighted by molar-refractivity contribution is 6.03. The first-order valence-corrected chi connectivity index (χ1v) is 9.13. The van der Waals surface area contributed by atoms with Crippen LogP contribution in [0.5, 0.6) is 0 Å². The number of hydrogen-bond acceptors (Lipinski definition) is 2. The van der Waals surface area contributed by atoms with E-state index in [0.29, 0.717) is 0 Å². The van der Waals surface area contributed by atoms with Gasteiger partial charge < -0.3 is 10.2 Å². The Labute approximate surface area is 157 Å². The molecule has 2 aromatic rings. The lowest BCUT2D eigenvalue weighted by molar-refractivity contribution is -0.122. The highest BCUT2D eigenvalue weighted by Crippen LogP contribution is 2.27. The van der Waals surface area contributed by atoms with E-state index in [1.165, 1.54) is 11.6 Å². The van der Waals surface area contributed by atoms with E-state index in [9.17, 15) is 18.4 Å². The lowest BCUT2D eigenvalue weighted by Crippen LogP contribution is -2.28. The summed E-state index contributed by atoms with van der Waals surface area (Å²) in [7, 11) is 0. The van der Waals surface area contributed by atoms with Crippen LogP contribution in [0.25, 0.3) is 0 Å². The zero-order valence-electron chi connectivity index (χ0n) is 15.2. The number of carbonyl (C=O) groups excluding carboxylic acids is 2. The molecule has 1 atom stereocenters. The van der Waals surface area contributed by atoms with Gasteiger partial charge in [0.15, 0.2) is 0 Å². The quantitative estimate of drug-likeness (QED) is 0.822. The molecule has 1 heterocycles. The van der Waals surface area contributed by atoms with E-state index in [4.69, 9.17) is 0 Å². The third kappa shape index (κ3) is 4.32. The summed E-state index contributed by atoms with van der Waals surface area (Å²) < 4.78 is 27.4. The molecule has 0 aromatic heterocycles. The van der Waals surface area contributed by atoms with Crippen molar-refractivity contribution in [1.82, 2.24) is 0 Å². The fourth-order valence-corrected chi connectivity index (χ4v) is 3.20. The van der Waals surface area contributed by atoms with Gasteiger partial charge in [-0.3, -0.25) is 9.59 Å². The average Bonchev–Trinajstić information content (AvgIpc) is 3.05. The molecule has 27 heavy (non-hydrogen) atoms. The Morgan fingerprint density at radius 2 is 1.81 bits per heavy atom. The minimum absolute atomic E-state index is 0.0134. The second kappa shape index (κ2) is 8.29. The largest absolute Gasteiger partial charge is 0.321 e. The zero-order chi connectivity index (χ0) is 19.4. The highest BCUT2D eigenvalue weighted by Gasteiger charge is 2.35. The van der Waals surface area contributed by atoms with E-state index in [-0.39, 0.29) is 18.9 Å². The molecule has 6 heteroatoms. The van der Waals surface area contributed by atoms with Crippen LogP contribution in [0.4, 0.5) is 20.2 Å². The summed E-state index contributed by atoms with van der Waals surface area (Å²) in [4.78, 5) is 26.3. The van der Waals surface area contributed by atoms with Crippen LogP contribution < -0.4 is 10.2 Å². The van der Waals surface area contributed by atoms with E-state index in [0.717, 1.165) is 37.1 Å². The molecule has 1 fully saturated rings. The maximum Gasteiger partial charge on any atom is 0.229 e. The maximum absolute atomic E-state index is 13.7. The standard InChI is InChI=1S/C21H22F2N2O2/c1-2-3-5-14-8-10-16(11-9-14)25-13-15(12-19(25)26)21(27)24-20-17(22)6-4-7-18(20)23/h4,6-11,15H,2-3,5,12-13H2,1H3,(H,24,27). The van der Waals surface area contributed by atoms with Crippen molar-refractivity contribution in [3.05, 3.63) is 59.7 Å². The number of hydrogen-bond donors (Lipinski definition) is 1. The highest BCUT2D eigenvalue weighted by atomic mass is 19.1. The van der Waals surface area contributed by atoms with Crippen LogP contribution in [0.3, 0.4) is 0 Å². The molecule has 0 aliphatic carbocycles. The van der Waals surface area contributed by atoms with Crippen molar-refractivity contribution in [2.45, 2.75) is 32.6 Å². The molecule has 142 valence electrons. The second-order valence-corrected chi connectivity index (χ2v) is 6.76. The normalized spacial score (nSPS) is 16.6. The number of amides is 2. The molecule has 1 aliphatic heterocycles. The summed E-state index contributed by atoms with van der Waals surface area (Å²) in [6.45, 7) is 2.32. The third-order valence-electron chi connectivity index (χ3n) is 4.77. The lowest BCUT2D eigenvalue weighted by atomic mass is 10.1. The molecule has 1 N–H and O–H groups in total.